The Morgan fingerprint density at radius 1 is 1.33 bits per heavy atom. The molecule has 1 amide bonds. The van der Waals surface area contributed by atoms with Crippen LogP contribution in [0.4, 0.5) is 0 Å². The summed E-state index contributed by atoms with van der Waals surface area (Å²) in [6, 6.07) is 6.61. The van der Waals surface area contributed by atoms with Crippen LogP contribution in [0, 0.1) is 12.3 Å². The van der Waals surface area contributed by atoms with Crippen molar-refractivity contribution >= 4 is 21.8 Å². The second kappa shape index (κ2) is 7.05. The van der Waals surface area contributed by atoms with Gasteiger partial charge in [-0.05, 0) is 25.0 Å². The van der Waals surface area contributed by atoms with Gasteiger partial charge in [-0.15, -0.1) is 6.42 Å². The molecule has 0 atom stereocenters. The molecule has 0 spiro atoms. The van der Waals surface area contributed by atoms with Crippen molar-refractivity contribution in [2.75, 3.05) is 6.54 Å². The molecule has 2 N–H and O–H groups in total. The van der Waals surface area contributed by atoms with Gasteiger partial charge in [0.1, 0.15) is 11.4 Å². The van der Waals surface area contributed by atoms with Crippen LogP contribution in [0.25, 0.3) is 0 Å². The summed E-state index contributed by atoms with van der Waals surface area (Å²) >= 11 is 0. The summed E-state index contributed by atoms with van der Waals surface area (Å²) in [7, 11) is -3.55. The molecule has 0 fully saturated rings. The summed E-state index contributed by atoms with van der Waals surface area (Å²) < 4.78 is 26.4. The van der Waals surface area contributed by atoms with E-state index in [4.69, 9.17) is 6.42 Å². The number of nitrogens with one attached hydrogen (secondary N) is 2. The number of hydrogen-bond donors (Lipinski definition) is 2. The Kier molecular flexibility index (Phi) is 5.30. The number of sulfonamides is 1. The van der Waals surface area contributed by atoms with Crippen LogP contribution in [0.2, 0.25) is 0 Å². The average Bonchev–Trinajstić information content (AvgIpc) is 2.84. The number of carbonyl (C=O) groups excluding carboxylic acids is 1. The molecule has 128 valence electrons. The molecule has 1 aliphatic rings. The van der Waals surface area contributed by atoms with E-state index < -0.39 is 15.6 Å². The number of terminal acetylenes is 1. The molecule has 1 aromatic carbocycles. The summed E-state index contributed by atoms with van der Waals surface area (Å²) in [5.74, 6) is 2.71. The maximum Gasteiger partial charge on any atom is 0.263 e. The summed E-state index contributed by atoms with van der Waals surface area (Å²) in [4.78, 5) is 16.5. The van der Waals surface area contributed by atoms with Gasteiger partial charge in [-0.2, -0.15) is 0 Å². The Hall–Kier alpha value is -2.33. The predicted molar refractivity (Wildman–Crippen MR) is 93.1 cm³/mol. The van der Waals surface area contributed by atoms with Crippen LogP contribution in [-0.4, -0.2) is 32.2 Å². The number of amides is 1. The molecule has 2 rings (SSSR count). The monoisotopic (exact) mass is 347 g/mol. The van der Waals surface area contributed by atoms with E-state index in [0.717, 1.165) is 0 Å². The lowest BCUT2D eigenvalue weighted by atomic mass is 9.94. The minimum Gasteiger partial charge on any atom is -0.340 e. The Labute approximate surface area is 142 Å². The van der Waals surface area contributed by atoms with Crippen molar-refractivity contribution in [2.45, 2.75) is 43.5 Å². The normalized spacial score (nSPS) is 17.0. The SMILES string of the molecule is C#CC(CC)(CC)NC(=O)CCN=C1NS(=O)(=O)c2ccccc21. The Morgan fingerprint density at radius 3 is 2.62 bits per heavy atom. The van der Waals surface area contributed by atoms with Crippen LogP contribution in [-0.2, 0) is 14.8 Å². The first-order valence-corrected chi connectivity index (χ1v) is 9.31. The van der Waals surface area contributed by atoms with Crippen molar-refractivity contribution < 1.29 is 13.2 Å². The molecule has 24 heavy (non-hydrogen) atoms. The number of hydrogen-bond acceptors (Lipinski definition) is 4. The Morgan fingerprint density at radius 2 is 2.00 bits per heavy atom. The van der Waals surface area contributed by atoms with Gasteiger partial charge in [0.25, 0.3) is 10.0 Å². The quantitative estimate of drug-likeness (QED) is 0.763. The number of amidine groups is 1. The molecule has 0 unspecified atom stereocenters. The first kappa shape index (κ1) is 18.0. The molecular weight excluding hydrogens is 326 g/mol. The van der Waals surface area contributed by atoms with Gasteiger partial charge >= 0.3 is 0 Å². The third-order valence-electron chi connectivity index (χ3n) is 4.13. The first-order chi connectivity index (χ1) is 11.4. The zero-order valence-electron chi connectivity index (χ0n) is 13.8. The number of carbonyl (C=O) groups is 1. The summed E-state index contributed by atoms with van der Waals surface area (Å²) in [5, 5.41) is 2.86. The van der Waals surface area contributed by atoms with Crippen molar-refractivity contribution in [3.8, 4) is 12.3 Å². The number of fused-ring (bicyclic) bond motifs is 1. The topological polar surface area (TPSA) is 87.6 Å². The largest absolute Gasteiger partial charge is 0.340 e. The fourth-order valence-electron chi connectivity index (χ4n) is 2.52. The highest BCUT2D eigenvalue weighted by atomic mass is 32.2. The fraction of sp³-hybridized carbons (Fsp3) is 0.412. The molecule has 7 heteroatoms. The first-order valence-electron chi connectivity index (χ1n) is 7.83. The molecule has 0 saturated heterocycles. The molecule has 1 aliphatic heterocycles. The van der Waals surface area contributed by atoms with Gasteiger partial charge < -0.3 is 5.32 Å². The van der Waals surface area contributed by atoms with E-state index in [0.29, 0.717) is 18.4 Å². The van der Waals surface area contributed by atoms with E-state index in [1.165, 1.54) is 6.07 Å². The number of benzene rings is 1. The van der Waals surface area contributed by atoms with Gasteiger partial charge in [0, 0.05) is 12.0 Å². The highest BCUT2D eigenvalue weighted by molar-refractivity contribution is 7.90. The van der Waals surface area contributed by atoms with E-state index in [2.05, 4.69) is 21.0 Å². The van der Waals surface area contributed by atoms with Crippen LogP contribution in [0.1, 0.15) is 38.7 Å². The molecule has 6 nitrogen and oxygen atoms in total. The zero-order chi connectivity index (χ0) is 17.8. The predicted octanol–water partition coefficient (Wildman–Crippen LogP) is 1.42. The van der Waals surface area contributed by atoms with E-state index in [1.807, 2.05) is 13.8 Å². The minimum atomic E-state index is -3.55. The number of nitrogens with zero attached hydrogens (tertiary/aromatic N) is 1. The highest BCUT2D eigenvalue weighted by Gasteiger charge is 2.30. The summed E-state index contributed by atoms with van der Waals surface area (Å²) in [6.07, 6.45) is 6.95. The maximum atomic E-state index is 12.1. The van der Waals surface area contributed by atoms with Crippen LogP contribution >= 0.6 is 0 Å². The summed E-state index contributed by atoms with van der Waals surface area (Å²) in [5.41, 5.74) is -0.107. The zero-order valence-corrected chi connectivity index (χ0v) is 14.6. The molecular formula is C17H21N3O3S. The third-order valence-corrected chi connectivity index (χ3v) is 5.53. The van der Waals surface area contributed by atoms with Gasteiger partial charge in [-0.3, -0.25) is 14.5 Å². The average molecular weight is 347 g/mol. The lowest BCUT2D eigenvalue weighted by molar-refractivity contribution is -0.122. The van der Waals surface area contributed by atoms with Crippen LogP contribution in [0.5, 0.6) is 0 Å². The van der Waals surface area contributed by atoms with Crippen LogP contribution in [0.3, 0.4) is 0 Å². The number of rotatable bonds is 6. The smallest absolute Gasteiger partial charge is 0.263 e. The Balaban J connectivity index is 2.04. The van der Waals surface area contributed by atoms with Gasteiger partial charge in [0.05, 0.1) is 11.4 Å². The van der Waals surface area contributed by atoms with Crippen molar-refractivity contribution in [2.24, 2.45) is 4.99 Å². The van der Waals surface area contributed by atoms with Crippen molar-refractivity contribution in [1.82, 2.24) is 10.0 Å². The van der Waals surface area contributed by atoms with Crippen molar-refractivity contribution in [3.05, 3.63) is 29.8 Å². The molecule has 1 aromatic rings. The third kappa shape index (κ3) is 3.60. The van der Waals surface area contributed by atoms with Gasteiger partial charge in [-0.1, -0.05) is 31.9 Å². The van der Waals surface area contributed by atoms with Gasteiger partial charge in [-0.25, -0.2) is 8.42 Å². The van der Waals surface area contributed by atoms with E-state index >= 15 is 0 Å². The fourth-order valence-corrected chi connectivity index (χ4v) is 3.77. The molecule has 1 heterocycles. The highest BCUT2D eigenvalue weighted by Crippen LogP contribution is 2.22. The lowest BCUT2D eigenvalue weighted by Crippen LogP contribution is -2.46. The maximum absolute atomic E-state index is 12.1. The minimum absolute atomic E-state index is 0.136. The lowest BCUT2D eigenvalue weighted by Gasteiger charge is -2.26. The molecule has 0 saturated carbocycles. The van der Waals surface area contributed by atoms with Crippen molar-refractivity contribution in [1.29, 1.82) is 0 Å². The van der Waals surface area contributed by atoms with E-state index in [9.17, 15) is 13.2 Å². The van der Waals surface area contributed by atoms with Crippen LogP contribution < -0.4 is 10.0 Å². The molecule has 0 radical (unpaired) electrons. The molecule has 0 aromatic heterocycles. The number of aliphatic imine (C=N–C) groups is 1. The second-order valence-electron chi connectivity index (χ2n) is 5.56. The van der Waals surface area contributed by atoms with Gasteiger partial charge in [0.15, 0.2) is 0 Å². The standard InChI is InChI=1S/C17H21N3O3S/c1-4-17(5-2,6-3)19-15(21)11-12-18-16-13-9-7-8-10-14(13)24(22,23)20-16/h1,7-10H,5-6,11-12H2,2-3H3,(H,18,20)(H,19,21). The van der Waals surface area contributed by atoms with Gasteiger partial charge in [0.2, 0.25) is 5.91 Å². The van der Waals surface area contributed by atoms with E-state index in [1.54, 1.807) is 18.2 Å². The summed E-state index contributed by atoms with van der Waals surface area (Å²) in [6.45, 7) is 4.02. The Bertz CT molecular complexity index is 803. The van der Waals surface area contributed by atoms with Crippen molar-refractivity contribution in [3.63, 3.8) is 0 Å². The molecule has 0 bridgehead atoms. The molecule has 0 aliphatic carbocycles. The second-order valence-corrected chi connectivity index (χ2v) is 7.21. The van der Waals surface area contributed by atoms with Crippen LogP contribution in [0.15, 0.2) is 34.2 Å². The van der Waals surface area contributed by atoms with E-state index in [-0.39, 0.29) is 29.6 Å².